The molecule has 21 heavy (non-hydrogen) atoms. The first-order valence-corrected chi connectivity index (χ1v) is 8.21. The molecule has 2 nitrogen and oxygen atoms in total. The van der Waals surface area contributed by atoms with Crippen molar-refractivity contribution in [1.29, 1.82) is 0 Å². The van der Waals surface area contributed by atoms with Crippen LogP contribution in [-0.4, -0.2) is 13.1 Å². The Balaban J connectivity index is 2.32. The van der Waals surface area contributed by atoms with E-state index in [-0.39, 0.29) is 17.9 Å². The Kier molecular flexibility index (Phi) is 5.37. The molecule has 0 saturated heterocycles. The van der Waals surface area contributed by atoms with E-state index >= 15 is 0 Å². The van der Waals surface area contributed by atoms with Crippen LogP contribution in [0.2, 0.25) is 0 Å². The summed E-state index contributed by atoms with van der Waals surface area (Å²) in [5, 5.41) is 2.07. The van der Waals surface area contributed by atoms with E-state index in [9.17, 15) is 4.39 Å². The zero-order valence-corrected chi connectivity index (χ0v) is 13.7. The average Bonchev–Trinajstić information content (AvgIpc) is 3.01. The minimum absolute atomic E-state index is 0.00825. The molecule has 0 aliphatic carbocycles. The van der Waals surface area contributed by atoms with E-state index in [0.717, 1.165) is 17.7 Å². The molecule has 2 aromatic rings. The van der Waals surface area contributed by atoms with E-state index in [1.165, 1.54) is 10.9 Å². The summed E-state index contributed by atoms with van der Waals surface area (Å²) in [4.78, 5) is 3.40. The molecule has 1 heterocycles. The average molecular weight is 306 g/mol. The van der Waals surface area contributed by atoms with Crippen LogP contribution >= 0.6 is 11.3 Å². The van der Waals surface area contributed by atoms with Crippen LogP contribution in [0.25, 0.3) is 0 Å². The van der Waals surface area contributed by atoms with Crippen LogP contribution in [0.4, 0.5) is 10.1 Å². The van der Waals surface area contributed by atoms with Gasteiger partial charge in [-0.3, -0.25) is 0 Å². The Morgan fingerprint density at radius 2 is 2.05 bits per heavy atom. The van der Waals surface area contributed by atoms with Crippen molar-refractivity contribution in [2.24, 2.45) is 5.73 Å². The summed E-state index contributed by atoms with van der Waals surface area (Å²) in [6.07, 6.45) is 1.41. The lowest BCUT2D eigenvalue weighted by atomic mass is 10.0. The van der Waals surface area contributed by atoms with Crippen molar-refractivity contribution in [3.05, 3.63) is 52.0 Å². The number of nitrogens with two attached hydrogens (primary N) is 1. The second-order valence-electron chi connectivity index (χ2n) is 5.41. The maximum absolute atomic E-state index is 14.2. The summed E-state index contributed by atoms with van der Waals surface area (Å²) in [6, 6.07) is 9.63. The first kappa shape index (κ1) is 16.0. The second-order valence-corrected chi connectivity index (χ2v) is 6.39. The molecule has 2 rings (SSSR count). The van der Waals surface area contributed by atoms with E-state index in [1.807, 2.05) is 26.1 Å². The number of thiophene rings is 1. The van der Waals surface area contributed by atoms with Gasteiger partial charge >= 0.3 is 0 Å². The van der Waals surface area contributed by atoms with Gasteiger partial charge in [0.1, 0.15) is 5.82 Å². The van der Waals surface area contributed by atoms with E-state index in [0.29, 0.717) is 6.42 Å². The Morgan fingerprint density at radius 3 is 2.67 bits per heavy atom. The van der Waals surface area contributed by atoms with Crippen molar-refractivity contribution < 1.29 is 4.39 Å². The monoisotopic (exact) mass is 306 g/mol. The zero-order chi connectivity index (χ0) is 15.4. The van der Waals surface area contributed by atoms with Crippen LogP contribution in [0.15, 0.2) is 35.7 Å². The predicted molar refractivity (Wildman–Crippen MR) is 89.5 cm³/mol. The summed E-state index contributed by atoms with van der Waals surface area (Å²) in [5.74, 6) is -0.165. The largest absolute Gasteiger partial charge is 0.367 e. The third kappa shape index (κ3) is 3.63. The molecular weight excluding hydrogens is 283 g/mol. The summed E-state index contributed by atoms with van der Waals surface area (Å²) in [5.41, 5.74) is 7.68. The Morgan fingerprint density at radius 1 is 1.29 bits per heavy atom. The van der Waals surface area contributed by atoms with Crippen molar-refractivity contribution in [2.45, 2.75) is 38.8 Å². The van der Waals surface area contributed by atoms with Gasteiger partial charge in [-0.05, 0) is 43.3 Å². The summed E-state index contributed by atoms with van der Waals surface area (Å²) in [6.45, 7) is 4.17. The first-order valence-electron chi connectivity index (χ1n) is 7.33. The molecule has 0 spiro atoms. The molecule has 2 unspecified atom stereocenters. The number of hydrogen-bond donors (Lipinski definition) is 1. The predicted octanol–water partition coefficient (Wildman–Crippen LogP) is 4.36. The van der Waals surface area contributed by atoms with Gasteiger partial charge in [0.25, 0.3) is 0 Å². The standard InChI is InChI=1S/C17H23FN2S/c1-4-13(19)11-14-15(18)7-5-8-16(14)20(3)12(2)17-9-6-10-21-17/h5-10,12-13H,4,11,19H2,1-3H3. The molecule has 0 fully saturated rings. The van der Waals surface area contributed by atoms with Crippen molar-refractivity contribution in [1.82, 2.24) is 0 Å². The first-order chi connectivity index (χ1) is 10.0. The molecule has 4 heteroatoms. The van der Waals surface area contributed by atoms with Gasteiger partial charge in [0.2, 0.25) is 0 Å². The van der Waals surface area contributed by atoms with Crippen LogP contribution in [0.3, 0.4) is 0 Å². The van der Waals surface area contributed by atoms with Gasteiger partial charge < -0.3 is 10.6 Å². The van der Waals surface area contributed by atoms with E-state index in [4.69, 9.17) is 5.73 Å². The molecule has 0 radical (unpaired) electrons. The molecule has 114 valence electrons. The van der Waals surface area contributed by atoms with Crippen LogP contribution in [0, 0.1) is 5.82 Å². The van der Waals surface area contributed by atoms with Crippen molar-refractivity contribution in [2.75, 3.05) is 11.9 Å². The van der Waals surface area contributed by atoms with Gasteiger partial charge in [0.15, 0.2) is 0 Å². The van der Waals surface area contributed by atoms with Crippen molar-refractivity contribution >= 4 is 17.0 Å². The maximum atomic E-state index is 14.2. The topological polar surface area (TPSA) is 29.3 Å². The lowest BCUT2D eigenvalue weighted by Crippen LogP contribution is -2.26. The molecule has 0 saturated carbocycles. The highest BCUT2D eigenvalue weighted by Crippen LogP contribution is 2.32. The summed E-state index contributed by atoms with van der Waals surface area (Å²) >= 11 is 1.72. The lowest BCUT2D eigenvalue weighted by molar-refractivity contribution is 0.576. The van der Waals surface area contributed by atoms with Gasteiger partial charge in [-0.15, -0.1) is 11.3 Å². The molecule has 0 aliphatic heterocycles. The second kappa shape index (κ2) is 7.05. The SMILES string of the molecule is CCC(N)Cc1c(F)cccc1N(C)C(C)c1cccs1. The fourth-order valence-electron chi connectivity index (χ4n) is 2.41. The number of benzene rings is 1. The van der Waals surface area contributed by atoms with Gasteiger partial charge in [0.05, 0.1) is 6.04 Å². The van der Waals surface area contributed by atoms with Crippen molar-refractivity contribution in [3.8, 4) is 0 Å². The molecular formula is C17H23FN2S. The number of hydrogen-bond acceptors (Lipinski definition) is 3. The highest BCUT2D eigenvalue weighted by atomic mass is 32.1. The molecule has 0 aliphatic rings. The zero-order valence-electron chi connectivity index (χ0n) is 12.8. The Labute approximate surface area is 130 Å². The van der Waals surface area contributed by atoms with Crippen molar-refractivity contribution in [3.63, 3.8) is 0 Å². The highest BCUT2D eigenvalue weighted by molar-refractivity contribution is 7.10. The Hall–Kier alpha value is -1.39. The van der Waals surface area contributed by atoms with Gasteiger partial charge in [-0.25, -0.2) is 4.39 Å². The lowest BCUT2D eigenvalue weighted by Gasteiger charge is -2.29. The van der Waals surface area contributed by atoms with Crippen LogP contribution < -0.4 is 10.6 Å². The fourth-order valence-corrected chi connectivity index (χ4v) is 3.24. The fraction of sp³-hybridized carbons (Fsp3) is 0.412. The summed E-state index contributed by atoms with van der Waals surface area (Å²) < 4.78 is 14.2. The number of anilines is 1. The van der Waals surface area contributed by atoms with Crippen LogP contribution in [-0.2, 0) is 6.42 Å². The van der Waals surface area contributed by atoms with Crippen LogP contribution in [0.1, 0.15) is 36.8 Å². The number of nitrogens with zero attached hydrogens (tertiary/aromatic N) is 1. The van der Waals surface area contributed by atoms with Gasteiger partial charge in [0, 0.05) is 29.2 Å². The minimum atomic E-state index is -0.165. The third-order valence-corrected chi connectivity index (χ3v) is 5.04. The van der Waals surface area contributed by atoms with E-state index < -0.39 is 0 Å². The maximum Gasteiger partial charge on any atom is 0.128 e. The highest BCUT2D eigenvalue weighted by Gasteiger charge is 2.19. The number of halogens is 1. The molecule has 0 amide bonds. The van der Waals surface area contributed by atoms with Gasteiger partial charge in [-0.1, -0.05) is 19.1 Å². The molecule has 1 aromatic carbocycles. The smallest absolute Gasteiger partial charge is 0.128 e. The third-order valence-electron chi connectivity index (χ3n) is 4.00. The van der Waals surface area contributed by atoms with Gasteiger partial charge in [-0.2, -0.15) is 0 Å². The summed E-state index contributed by atoms with van der Waals surface area (Å²) in [7, 11) is 2.01. The molecule has 2 N–H and O–H groups in total. The minimum Gasteiger partial charge on any atom is -0.367 e. The normalized spacial score (nSPS) is 14.0. The quantitative estimate of drug-likeness (QED) is 0.859. The van der Waals surface area contributed by atoms with E-state index in [2.05, 4.69) is 23.3 Å². The molecule has 2 atom stereocenters. The van der Waals surface area contributed by atoms with Crippen LogP contribution in [0.5, 0.6) is 0 Å². The number of rotatable bonds is 6. The van der Waals surface area contributed by atoms with E-state index in [1.54, 1.807) is 17.4 Å². The molecule has 0 bridgehead atoms. The Bertz CT molecular complexity index is 568. The molecule has 1 aromatic heterocycles.